The lowest BCUT2D eigenvalue weighted by molar-refractivity contribution is -0.151. The molecule has 0 spiro atoms. The third-order valence-corrected chi connectivity index (χ3v) is 3.63. The van der Waals surface area contributed by atoms with Gasteiger partial charge in [-0.3, -0.25) is 14.4 Å². The van der Waals surface area contributed by atoms with Gasteiger partial charge in [0.25, 0.3) is 11.8 Å². The predicted molar refractivity (Wildman–Crippen MR) is 89.3 cm³/mol. The first-order valence-corrected chi connectivity index (χ1v) is 8.26. The number of likely N-dealkylation sites (N-methyl/N-ethyl adjacent to an activating group) is 1. The Bertz CT molecular complexity index is 554. The molecule has 0 radical (unpaired) electrons. The Kier molecular flexibility index (Phi) is 8.04. The predicted octanol–water partition coefficient (Wildman–Crippen LogP) is 1.84. The molecule has 1 aromatic rings. The van der Waals surface area contributed by atoms with Gasteiger partial charge in [0.15, 0.2) is 6.61 Å². The van der Waals surface area contributed by atoms with Gasteiger partial charge in [0, 0.05) is 30.6 Å². The molecule has 0 atom stereocenters. The zero-order chi connectivity index (χ0) is 17.2. The molecule has 0 aromatic carbocycles. The molecule has 7 heteroatoms. The first kappa shape index (κ1) is 18.9. The number of carbonyl (C=O) groups excluding carboxylic acids is 3. The number of amides is 2. The zero-order valence-electron chi connectivity index (χ0n) is 13.5. The summed E-state index contributed by atoms with van der Waals surface area (Å²) < 4.78 is 4.93. The van der Waals surface area contributed by atoms with Crippen LogP contribution in [0.3, 0.4) is 0 Å². The Morgan fingerprint density at radius 3 is 2.70 bits per heavy atom. The van der Waals surface area contributed by atoms with Crippen molar-refractivity contribution < 1.29 is 19.1 Å². The van der Waals surface area contributed by atoms with Crippen LogP contribution in [0.25, 0.3) is 0 Å². The van der Waals surface area contributed by atoms with E-state index < -0.39 is 5.97 Å². The van der Waals surface area contributed by atoms with Crippen LogP contribution in [-0.4, -0.2) is 48.9 Å². The van der Waals surface area contributed by atoms with Crippen molar-refractivity contribution in [3.05, 3.63) is 34.5 Å². The summed E-state index contributed by atoms with van der Waals surface area (Å²) in [6, 6.07) is 1.71. The third-order valence-electron chi connectivity index (χ3n) is 2.95. The molecule has 23 heavy (non-hydrogen) atoms. The minimum absolute atomic E-state index is 0.0236. The van der Waals surface area contributed by atoms with Crippen LogP contribution in [0.4, 0.5) is 0 Å². The van der Waals surface area contributed by atoms with Gasteiger partial charge in [0.05, 0.1) is 6.42 Å². The molecule has 126 valence electrons. The number of ether oxygens (including phenoxy) is 1. The molecule has 0 saturated heterocycles. The van der Waals surface area contributed by atoms with E-state index >= 15 is 0 Å². The van der Waals surface area contributed by atoms with Crippen LogP contribution in [0.1, 0.15) is 30.6 Å². The lowest BCUT2D eigenvalue weighted by atomic mass is 10.3. The molecule has 0 saturated carbocycles. The van der Waals surface area contributed by atoms with Crippen LogP contribution in [0, 0.1) is 0 Å². The van der Waals surface area contributed by atoms with Gasteiger partial charge >= 0.3 is 5.97 Å². The monoisotopic (exact) mass is 338 g/mol. The standard InChI is InChI=1S/C16H22N2O4S/c1-4-18(9-12(2)3)14(19)10-22-15(20)5-7-17-16(21)13-6-8-23-11-13/h6,8,11H,2,4-5,7,9-10H2,1,3H3,(H,17,21). The van der Waals surface area contributed by atoms with Crippen LogP contribution in [-0.2, 0) is 14.3 Å². The Morgan fingerprint density at radius 2 is 2.13 bits per heavy atom. The van der Waals surface area contributed by atoms with Gasteiger partial charge in [-0.2, -0.15) is 11.3 Å². The highest BCUT2D eigenvalue weighted by Crippen LogP contribution is 2.05. The summed E-state index contributed by atoms with van der Waals surface area (Å²) in [6.07, 6.45) is 0.0236. The number of hydrogen-bond acceptors (Lipinski definition) is 5. The number of carbonyl (C=O) groups is 3. The molecule has 1 N–H and O–H groups in total. The molecule has 0 fully saturated rings. The molecule has 1 rings (SSSR count). The number of thiophene rings is 1. The van der Waals surface area contributed by atoms with Gasteiger partial charge in [-0.25, -0.2) is 0 Å². The summed E-state index contributed by atoms with van der Waals surface area (Å²) in [5, 5.41) is 6.16. The summed E-state index contributed by atoms with van der Waals surface area (Å²) in [4.78, 5) is 36.7. The molecular weight excluding hydrogens is 316 g/mol. The van der Waals surface area contributed by atoms with Gasteiger partial charge in [-0.1, -0.05) is 12.2 Å². The topological polar surface area (TPSA) is 75.7 Å². The molecule has 1 aromatic heterocycles. The minimum atomic E-state index is -0.518. The molecule has 2 amide bonds. The van der Waals surface area contributed by atoms with Gasteiger partial charge in [-0.05, 0) is 25.3 Å². The smallest absolute Gasteiger partial charge is 0.308 e. The van der Waals surface area contributed by atoms with Gasteiger partial charge in [-0.15, -0.1) is 0 Å². The van der Waals surface area contributed by atoms with Crippen molar-refractivity contribution in [3.8, 4) is 0 Å². The lowest BCUT2D eigenvalue weighted by Crippen LogP contribution is -2.36. The minimum Gasteiger partial charge on any atom is -0.456 e. The SMILES string of the molecule is C=C(C)CN(CC)C(=O)COC(=O)CCNC(=O)c1ccsc1. The van der Waals surface area contributed by atoms with E-state index in [1.54, 1.807) is 21.7 Å². The Hall–Kier alpha value is -2.15. The van der Waals surface area contributed by atoms with Gasteiger partial charge < -0.3 is 15.0 Å². The second-order valence-electron chi connectivity index (χ2n) is 5.04. The first-order valence-electron chi connectivity index (χ1n) is 7.32. The number of rotatable bonds is 9. The maximum Gasteiger partial charge on any atom is 0.308 e. The van der Waals surface area contributed by atoms with E-state index in [9.17, 15) is 14.4 Å². The zero-order valence-corrected chi connectivity index (χ0v) is 14.3. The lowest BCUT2D eigenvalue weighted by Gasteiger charge is -2.20. The van der Waals surface area contributed by atoms with Crippen LogP contribution in [0.15, 0.2) is 29.0 Å². The van der Waals surface area contributed by atoms with Crippen molar-refractivity contribution in [2.75, 3.05) is 26.2 Å². The van der Waals surface area contributed by atoms with E-state index in [0.717, 1.165) is 5.57 Å². The summed E-state index contributed by atoms with van der Waals surface area (Å²) in [7, 11) is 0. The highest BCUT2D eigenvalue weighted by Gasteiger charge is 2.14. The fourth-order valence-corrected chi connectivity index (χ4v) is 2.42. The molecule has 0 aliphatic rings. The van der Waals surface area contributed by atoms with Crippen molar-refractivity contribution in [1.82, 2.24) is 10.2 Å². The van der Waals surface area contributed by atoms with Gasteiger partial charge in [0.1, 0.15) is 0 Å². The molecule has 0 aliphatic heterocycles. The van der Waals surface area contributed by atoms with E-state index in [0.29, 0.717) is 18.7 Å². The van der Waals surface area contributed by atoms with Crippen molar-refractivity contribution in [2.24, 2.45) is 0 Å². The Balaban J connectivity index is 2.24. The molecule has 6 nitrogen and oxygen atoms in total. The molecular formula is C16H22N2O4S. The van der Waals surface area contributed by atoms with Crippen molar-refractivity contribution in [2.45, 2.75) is 20.3 Å². The third kappa shape index (κ3) is 7.10. The fraction of sp³-hybridized carbons (Fsp3) is 0.438. The quantitative estimate of drug-likeness (QED) is 0.551. The molecule has 0 bridgehead atoms. The van der Waals surface area contributed by atoms with Crippen LogP contribution in [0.2, 0.25) is 0 Å². The summed E-state index contributed by atoms with van der Waals surface area (Å²) in [5.41, 5.74) is 1.43. The summed E-state index contributed by atoms with van der Waals surface area (Å²) >= 11 is 1.43. The average molecular weight is 338 g/mol. The average Bonchev–Trinajstić information content (AvgIpc) is 3.04. The van der Waals surface area contributed by atoms with E-state index in [2.05, 4.69) is 11.9 Å². The Morgan fingerprint density at radius 1 is 1.39 bits per heavy atom. The van der Waals surface area contributed by atoms with Crippen molar-refractivity contribution in [1.29, 1.82) is 0 Å². The maximum absolute atomic E-state index is 11.9. The van der Waals surface area contributed by atoms with E-state index in [4.69, 9.17) is 4.74 Å². The molecule has 1 heterocycles. The van der Waals surface area contributed by atoms with Gasteiger partial charge in [0.2, 0.25) is 0 Å². The second-order valence-corrected chi connectivity index (χ2v) is 5.82. The van der Waals surface area contributed by atoms with Crippen molar-refractivity contribution >= 4 is 29.1 Å². The van der Waals surface area contributed by atoms with E-state index in [-0.39, 0.29) is 31.4 Å². The highest BCUT2D eigenvalue weighted by atomic mass is 32.1. The van der Waals surface area contributed by atoms with E-state index in [1.807, 2.05) is 13.8 Å². The van der Waals surface area contributed by atoms with Crippen molar-refractivity contribution in [3.63, 3.8) is 0 Å². The largest absolute Gasteiger partial charge is 0.456 e. The molecule has 0 unspecified atom stereocenters. The van der Waals surface area contributed by atoms with Crippen LogP contribution in [0.5, 0.6) is 0 Å². The maximum atomic E-state index is 11.9. The summed E-state index contributed by atoms with van der Waals surface area (Å²) in [6.45, 7) is 8.29. The normalized spacial score (nSPS) is 10.0. The van der Waals surface area contributed by atoms with Crippen LogP contribution < -0.4 is 5.32 Å². The number of hydrogen-bond donors (Lipinski definition) is 1. The van der Waals surface area contributed by atoms with Crippen LogP contribution >= 0.6 is 11.3 Å². The number of nitrogens with zero attached hydrogens (tertiary/aromatic N) is 1. The highest BCUT2D eigenvalue weighted by molar-refractivity contribution is 7.08. The summed E-state index contributed by atoms with van der Waals surface area (Å²) in [5.74, 6) is -1.00. The van der Waals surface area contributed by atoms with E-state index in [1.165, 1.54) is 11.3 Å². The fourth-order valence-electron chi connectivity index (χ4n) is 1.78. The number of nitrogens with one attached hydrogen (secondary N) is 1. The second kappa shape index (κ2) is 9.78. The Labute approximate surface area is 140 Å². The molecule has 0 aliphatic carbocycles. The first-order chi connectivity index (χ1) is 10.9. The number of esters is 1.